The molecule has 0 atom stereocenters. The average Bonchev–Trinajstić information content (AvgIpc) is 2.43. The molecule has 1 aliphatic rings. The van der Waals surface area contributed by atoms with E-state index in [4.69, 9.17) is 16.3 Å². The molecule has 1 saturated heterocycles. The zero-order valence-corrected chi connectivity index (χ0v) is 13.2. The SMILES string of the molecule is Cc1cc(OC(=O)N2CCCCC2)c(C(C)C)cc1Cl. The number of aryl methyl sites for hydroxylation is 1. The van der Waals surface area contributed by atoms with Gasteiger partial charge in [0.15, 0.2) is 0 Å². The minimum atomic E-state index is -0.242. The van der Waals surface area contributed by atoms with Gasteiger partial charge in [0.2, 0.25) is 0 Å². The predicted octanol–water partition coefficient (Wildman–Crippen LogP) is 4.76. The lowest BCUT2D eigenvalue weighted by Gasteiger charge is -2.26. The van der Waals surface area contributed by atoms with Crippen LogP contribution in [0.15, 0.2) is 12.1 Å². The largest absolute Gasteiger partial charge is 0.415 e. The Morgan fingerprint density at radius 1 is 1.25 bits per heavy atom. The number of likely N-dealkylation sites (tertiary alicyclic amines) is 1. The van der Waals surface area contributed by atoms with Crippen LogP contribution in [-0.4, -0.2) is 24.1 Å². The van der Waals surface area contributed by atoms with Crippen molar-refractivity contribution < 1.29 is 9.53 Å². The van der Waals surface area contributed by atoms with Crippen LogP contribution >= 0.6 is 11.6 Å². The van der Waals surface area contributed by atoms with Crippen molar-refractivity contribution >= 4 is 17.7 Å². The minimum absolute atomic E-state index is 0.242. The van der Waals surface area contributed by atoms with E-state index in [1.54, 1.807) is 4.90 Å². The fourth-order valence-electron chi connectivity index (χ4n) is 2.45. The monoisotopic (exact) mass is 295 g/mol. The van der Waals surface area contributed by atoms with E-state index in [9.17, 15) is 4.79 Å². The fraction of sp³-hybridized carbons (Fsp3) is 0.562. The Labute approximate surface area is 125 Å². The summed E-state index contributed by atoms with van der Waals surface area (Å²) in [7, 11) is 0. The summed E-state index contributed by atoms with van der Waals surface area (Å²) in [6.07, 6.45) is 3.08. The van der Waals surface area contributed by atoms with Crippen LogP contribution in [0.1, 0.15) is 50.2 Å². The number of hydrogen-bond donors (Lipinski definition) is 0. The number of halogens is 1. The van der Waals surface area contributed by atoms with Gasteiger partial charge in [-0.05, 0) is 55.4 Å². The summed E-state index contributed by atoms with van der Waals surface area (Å²) in [6, 6.07) is 3.76. The third-order valence-corrected chi connectivity index (χ3v) is 4.13. The summed E-state index contributed by atoms with van der Waals surface area (Å²) in [5.74, 6) is 0.898. The topological polar surface area (TPSA) is 29.5 Å². The van der Waals surface area contributed by atoms with Gasteiger partial charge in [-0.1, -0.05) is 25.4 Å². The fourth-order valence-corrected chi connectivity index (χ4v) is 2.62. The maximum absolute atomic E-state index is 12.2. The summed E-state index contributed by atoms with van der Waals surface area (Å²) < 4.78 is 5.61. The highest BCUT2D eigenvalue weighted by Crippen LogP contribution is 2.32. The van der Waals surface area contributed by atoms with Crippen LogP contribution in [0, 0.1) is 6.92 Å². The maximum atomic E-state index is 12.2. The van der Waals surface area contributed by atoms with E-state index in [2.05, 4.69) is 13.8 Å². The number of nitrogens with zero attached hydrogens (tertiary/aromatic N) is 1. The van der Waals surface area contributed by atoms with Gasteiger partial charge in [-0.3, -0.25) is 0 Å². The summed E-state index contributed by atoms with van der Waals surface area (Å²) in [6.45, 7) is 7.65. The molecule has 1 aromatic carbocycles. The van der Waals surface area contributed by atoms with Crippen molar-refractivity contribution in [1.29, 1.82) is 0 Å². The van der Waals surface area contributed by atoms with Crippen LogP contribution in [0.5, 0.6) is 5.75 Å². The normalized spacial score (nSPS) is 15.6. The van der Waals surface area contributed by atoms with Gasteiger partial charge in [0.05, 0.1) is 0 Å². The molecule has 1 amide bonds. The third kappa shape index (κ3) is 3.45. The summed E-state index contributed by atoms with van der Waals surface area (Å²) in [4.78, 5) is 14.0. The van der Waals surface area contributed by atoms with Gasteiger partial charge in [-0.15, -0.1) is 0 Å². The van der Waals surface area contributed by atoms with Crippen molar-refractivity contribution in [3.63, 3.8) is 0 Å². The highest BCUT2D eigenvalue weighted by atomic mass is 35.5. The molecule has 2 rings (SSSR count). The molecule has 0 bridgehead atoms. The molecule has 0 saturated carbocycles. The van der Waals surface area contributed by atoms with Gasteiger partial charge in [-0.2, -0.15) is 0 Å². The van der Waals surface area contributed by atoms with E-state index in [0.29, 0.717) is 10.8 Å². The molecule has 1 aromatic rings. The van der Waals surface area contributed by atoms with Crippen molar-refractivity contribution in [2.24, 2.45) is 0 Å². The number of benzene rings is 1. The molecule has 0 aliphatic carbocycles. The van der Waals surface area contributed by atoms with Crippen molar-refractivity contribution in [3.8, 4) is 5.75 Å². The van der Waals surface area contributed by atoms with Crippen molar-refractivity contribution in [1.82, 2.24) is 4.90 Å². The Balaban J connectivity index is 2.19. The molecule has 0 spiro atoms. The lowest BCUT2D eigenvalue weighted by molar-refractivity contribution is 0.142. The molecule has 3 nitrogen and oxygen atoms in total. The molecule has 0 N–H and O–H groups in total. The second-order valence-corrected chi connectivity index (χ2v) is 6.12. The molecule has 0 radical (unpaired) electrons. The first-order valence-corrected chi connectivity index (χ1v) is 7.63. The smallest absolute Gasteiger partial charge is 0.410 e. The Morgan fingerprint density at radius 3 is 2.50 bits per heavy atom. The summed E-state index contributed by atoms with van der Waals surface area (Å²) in [5.41, 5.74) is 1.91. The second kappa shape index (κ2) is 6.49. The zero-order chi connectivity index (χ0) is 14.7. The molecular weight excluding hydrogens is 274 g/mol. The molecule has 1 aliphatic heterocycles. The van der Waals surface area contributed by atoms with Crippen molar-refractivity contribution in [2.45, 2.75) is 46.0 Å². The van der Waals surface area contributed by atoms with Crippen LogP contribution in [0.25, 0.3) is 0 Å². The van der Waals surface area contributed by atoms with Gasteiger partial charge in [0.25, 0.3) is 0 Å². The number of piperidine rings is 1. The first-order valence-electron chi connectivity index (χ1n) is 7.26. The number of ether oxygens (including phenoxy) is 1. The molecule has 0 aromatic heterocycles. The van der Waals surface area contributed by atoms with Crippen LogP contribution in [0.4, 0.5) is 4.79 Å². The predicted molar refractivity (Wildman–Crippen MR) is 81.7 cm³/mol. The molecule has 0 unspecified atom stereocenters. The molecule has 1 fully saturated rings. The van der Waals surface area contributed by atoms with Gasteiger partial charge in [-0.25, -0.2) is 4.79 Å². The second-order valence-electron chi connectivity index (χ2n) is 5.71. The standard InChI is InChI=1S/C16H22ClNO2/c1-11(2)13-10-14(17)12(3)9-15(13)20-16(19)18-7-5-4-6-8-18/h9-11H,4-8H2,1-3H3. The maximum Gasteiger partial charge on any atom is 0.415 e. The Bertz CT molecular complexity index is 493. The average molecular weight is 296 g/mol. The van der Waals surface area contributed by atoms with Crippen molar-refractivity contribution in [2.75, 3.05) is 13.1 Å². The first-order chi connectivity index (χ1) is 9.49. The van der Waals surface area contributed by atoms with E-state index in [-0.39, 0.29) is 12.0 Å². The molecule has 110 valence electrons. The molecular formula is C16H22ClNO2. The van der Waals surface area contributed by atoms with Crippen LogP contribution in [0.2, 0.25) is 5.02 Å². The first kappa shape index (κ1) is 15.2. The van der Waals surface area contributed by atoms with Gasteiger partial charge < -0.3 is 9.64 Å². The van der Waals surface area contributed by atoms with E-state index in [1.807, 2.05) is 19.1 Å². The number of carbonyl (C=O) groups is 1. The van der Waals surface area contributed by atoms with Crippen LogP contribution < -0.4 is 4.74 Å². The summed E-state index contributed by atoms with van der Waals surface area (Å²) in [5, 5.41) is 0.714. The van der Waals surface area contributed by atoms with Crippen molar-refractivity contribution in [3.05, 3.63) is 28.3 Å². The van der Waals surface area contributed by atoms with E-state index in [1.165, 1.54) is 6.42 Å². The highest BCUT2D eigenvalue weighted by molar-refractivity contribution is 6.31. The highest BCUT2D eigenvalue weighted by Gasteiger charge is 2.20. The quantitative estimate of drug-likeness (QED) is 0.787. The van der Waals surface area contributed by atoms with E-state index in [0.717, 1.165) is 37.1 Å². The van der Waals surface area contributed by atoms with E-state index >= 15 is 0 Å². The number of hydrogen-bond acceptors (Lipinski definition) is 2. The van der Waals surface area contributed by atoms with Crippen LogP contribution in [-0.2, 0) is 0 Å². The molecule has 20 heavy (non-hydrogen) atoms. The summed E-state index contributed by atoms with van der Waals surface area (Å²) >= 11 is 6.16. The van der Waals surface area contributed by atoms with E-state index < -0.39 is 0 Å². The lowest BCUT2D eigenvalue weighted by Crippen LogP contribution is -2.37. The van der Waals surface area contributed by atoms with Gasteiger partial charge in [0.1, 0.15) is 5.75 Å². The lowest BCUT2D eigenvalue weighted by atomic mass is 10.0. The zero-order valence-electron chi connectivity index (χ0n) is 12.4. The van der Waals surface area contributed by atoms with Gasteiger partial charge in [0, 0.05) is 18.1 Å². The Kier molecular flexibility index (Phi) is 4.92. The van der Waals surface area contributed by atoms with Gasteiger partial charge >= 0.3 is 6.09 Å². The number of carbonyl (C=O) groups excluding carboxylic acids is 1. The molecule has 1 heterocycles. The van der Waals surface area contributed by atoms with Crippen LogP contribution in [0.3, 0.4) is 0 Å². The molecule has 4 heteroatoms. The minimum Gasteiger partial charge on any atom is -0.410 e. The number of amides is 1. The Hall–Kier alpha value is -1.22. The Morgan fingerprint density at radius 2 is 1.90 bits per heavy atom. The third-order valence-electron chi connectivity index (χ3n) is 3.72. The number of rotatable bonds is 2.